The molecule has 2 aromatic carbocycles. The van der Waals surface area contributed by atoms with Crippen molar-refractivity contribution in [3.05, 3.63) is 70.0 Å². The summed E-state index contributed by atoms with van der Waals surface area (Å²) in [6, 6.07) is 11.2. The summed E-state index contributed by atoms with van der Waals surface area (Å²) in [5, 5.41) is 4.73. The fourth-order valence-electron chi connectivity index (χ4n) is 2.52. The maximum atomic E-state index is 12.6. The number of sulfonamides is 1. The zero-order valence-electron chi connectivity index (χ0n) is 14.7. The summed E-state index contributed by atoms with van der Waals surface area (Å²) in [6.45, 7) is 5.99. The fraction of sp³-hybridized carbons (Fsp3) is 0.222. The van der Waals surface area contributed by atoms with Crippen LogP contribution in [0.15, 0.2) is 47.6 Å². The van der Waals surface area contributed by atoms with E-state index < -0.39 is 10.0 Å². The van der Waals surface area contributed by atoms with Gasteiger partial charge in [-0.25, -0.2) is 17.8 Å². The van der Waals surface area contributed by atoms with Crippen molar-refractivity contribution in [2.45, 2.75) is 32.2 Å². The van der Waals surface area contributed by atoms with E-state index in [0.717, 1.165) is 5.56 Å². The number of hydrogen-bond donors (Lipinski definition) is 1. The average Bonchev–Trinajstić information content (AvgIpc) is 2.99. The minimum atomic E-state index is -3.80. The molecule has 1 heterocycles. The lowest BCUT2D eigenvalue weighted by atomic mass is 10.1. The third-order valence-corrected chi connectivity index (χ3v) is 5.85. The van der Waals surface area contributed by atoms with Crippen LogP contribution in [0.5, 0.6) is 0 Å². The first-order chi connectivity index (χ1) is 12.2. The zero-order chi connectivity index (χ0) is 18.9. The van der Waals surface area contributed by atoms with Crippen LogP contribution in [0.25, 0.3) is 0 Å². The maximum Gasteiger partial charge on any atom is 0.264 e. The zero-order valence-corrected chi connectivity index (χ0v) is 16.3. The fourth-order valence-corrected chi connectivity index (χ4v) is 3.99. The highest BCUT2D eigenvalue weighted by Gasteiger charge is 2.20. The second-order valence-corrected chi connectivity index (χ2v) is 8.28. The number of aryl methyl sites for hydroxylation is 3. The molecule has 0 bridgehead atoms. The van der Waals surface area contributed by atoms with E-state index in [1.54, 1.807) is 30.7 Å². The van der Waals surface area contributed by atoms with E-state index in [1.165, 1.54) is 11.9 Å². The lowest BCUT2D eigenvalue weighted by molar-refractivity contribution is 0.600. The van der Waals surface area contributed by atoms with Gasteiger partial charge in [0.1, 0.15) is 6.33 Å². The number of hydrogen-bond acceptors (Lipinski definition) is 4. The molecule has 0 amide bonds. The molecular weight excluding hydrogens is 372 g/mol. The first-order valence-electron chi connectivity index (χ1n) is 7.99. The van der Waals surface area contributed by atoms with Crippen LogP contribution in [-0.4, -0.2) is 23.2 Å². The second kappa shape index (κ2) is 7.09. The van der Waals surface area contributed by atoms with Crippen LogP contribution in [0, 0.1) is 20.8 Å². The number of nitrogens with zero attached hydrogens (tertiary/aromatic N) is 3. The molecule has 0 aliphatic carbocycles. The van der Waals surface area contributed by atoms with Gasteiger partial charge in [-0.2, -0.15) is 4.98 Å². The van der Waals surface area contributed by atoms with Gasteiger partial charge >= 0.3 is 0 Å². The highest BCUT2D eigenvalue weighted by Crippen LogP contribution is 2.25. The second-order valence-electron chi connectivity index (χ2n) is 6.22. The molecule has 0 spiro atoms. The third-order valence-electron chi connectivity index (χ3n) is 3.97. The van der Waals surface area contributed by atoms with Gasteiger partial charge in [0.25, 0.3) is 16.0 Å². The topological polar surface area (TPSA) is 76.9 Å². The number of halogens is 1. The van der Waals surface area contributed by atoms with Gasteiger partial charge < -0.3 is 0 Å². The first kappa shape index (κ1) is 18.4. The van der Waals surface area contributed by atoms with E-state index in [9.17, 15) is 8.42 Å². The van der Waals surface area contributed by atoms with E-state index in [4.69, 9.17) is 11.6 Å². The average molecular weight is 391 g/mol. The Balaban J connectivity index is 1.80. The summed E-state index contributed by atoms with van der Waals surface area (Å²) in [7, 11) is -3.80. The summed E-state index contributed by atoms with van der Waals surface area (Å²) in [5.41, 5.74) is 3.48. The Morgan fingerprint density at radius 2 is 1.77 bits per heavy atom. The van der Waals surface area contributed by atoms with E-state index in [0.29, 0.717) is 22.7 Å². The van der Waals surface area contributed by atoms with Gasteiger partial charge in [-0.05, 0) is 49.6 Å². The molecule has 136 valence electrons. The quantitative estimate of drug-likeness (QED) is 0.720. The highest BCUT2D eigenvalue weighted by molar-refractivity contribution is 7.92. The van der Waals surface area contributed by atoms with Crippen molar-refractivity contribution in [3.63, 3.8) is 0 Å². The molecule has 3 aromatic rings. The molecule has 0 saturated carbocycles. The third kappa shape index (κ3) is 4.05. The van der Waals surface area contributed by atoms with Gasteiger partial charge in [0.2, 0.25) is 0 Å². The van der Waals surface area contributed by atoms with Crippen LogP contribution in [-0.2, 0) is 16.6 Å². The number of rotatable bonds is 5. The summed E-state index contributed by atoms with van der Waals surface area (Å²) < 4.78 is 29.3. The van der Waals surface area contributed by atoms with Crippen molar-refractivity contribution in [1.82, 2.24) is 14.8 Å². The van der Waals surface area contributed by atoms with E-state index in [2.05, 4.69) is 14.8 Å². The Hall–Kier alpha value is -2.38. The Morgan fingerprint density at radius 1 is 1.08 bits per heavy atom. The van der Waals surface area contributed by atoms with Crippen LogP contribution in [0.3, 0.4) is 0 Å². The monoisotopic (exact) mass is 390 g/mol. The van der Waals surface area contributed by atoms with Crippen molar-refractivity contribution in [3.8, 4) is 0 Å². The molecule has 0 aliphatic rings. The van der Waals surface area contributed by atoms with Gasteiger partial charge in [-0.1, -0.05) is 41.4 Å². The number of nitrogens with one attached hydrogen (secondary N) is 1. The SMILES string of the molecule is Cc1ccc(Cn2cnc(NS(=O)(=O)c3cc(C)c(Cl)cc3C)n2)cc1. The Labute approximate surface area is 157 Å². The molecule has 8 heteroatoms. The normalized spacial score (nSPS) is 11.5. The summed E-state index contributed by atoms with van der Waals surface area (Å²) in [6.07, 6.45) is 1.50. The van der Waals surface area contributed by atoms with Crippen LogP contribution in [0.4, 0.5) is 5.95 Å². The van der Waals surface area contributed by atoms with Crippen LogP contribution in [0.2, 0.25) is 5.02 Å². The van der Waals surface area contributed by atoms with Crippen molar-refractivity contribution in [2.75, 3.05) is 4.72 Å². The summed E-state index contributed by atoms with van der Waals surface area (Å²) in [5.74, 6) is 0.0316. The molecule has 0 radical (unpaired) electrons. The van der Waals surface area contributed by atoms with Crippen molar-refractivity contribution >= 4 is 27.6 Å². The van der Waals surface area contributed by atoms with Gasteiger partial charge in [-0.15, -0.1) is 5.10 Å². The molecule has 0 unspecified atom stereocenters. The largest absolute Gasteiger partial charge is 0.264 e. The van der Waals surface area contributed by atoms with Crippen molar-refractivity contribution in [1.29, 1.82) is 0 Å². The van der Waals surface area contributed by atoms with Crippen LogP contribution < -0.4 is 4.72 Å². The minimum absolute atomic E-state index is 0.0316. The molecule has 0 aliphatic heterocycles. The Kier molecular flexibility index (Phi) is 5.02. The predicted molar refractivity (Wildman–Crippen MR) is 102 cm³/mol. The minimum Gasteiger partial charge on any atom is -0.246 e. The van der Waals surface area contributed by atoms with Gasteiger partial charge in [0.05, 0.1) is 11.4 Å². The van der Waals surface area contributed by atoms with Crippen molar-refractivity contribution < 1.29 is 8.42 Å². The molecule has 1 N–H and O–H groups in total. The smallest absolute Gasteiger partial charge is 0.246 e. The number of aromatic nitrogens is 3. The molecule has 26 heavy (non-hydrogen) atoms. The van der Waals surface area contributed by atoms with Gasteiger partial charge in [0.15, 0.2) is 0 Å². The maximum absolute atomic E-state index is 12.6. The van der Waals surface area contributed by atoms with E-state index in [-0.39, 0.29) is 10.8 Å². The highest BCUT2D eigenvalue weighted by atomic mass is 35.5. The molecule has 1 aromatic heterocycles. The standard InChI is InChI=1S/C18H19ClN4O2S/c1-12-4-6-15(7-5-12)10-23-11-20-18(21-23)22-26(24,25)17-9-13(2)16(19)8-14(17)3/h4-9,11H,10H2,1-3H3,(H,21,22). The van der Waals surface area contributed by atoms with Crippen LogP contribution in [0.1, 0.15) is 22.3 Å². The van der Waals surface area contributed by atoms with Gasteiger partial charge in [-0.3, -0.25) is 0 Å². The predicted octanol–water partition coefficient (Wildman–Crippen LogP) is 3.71. The summed E-state index contributed by atoms with van der Waals surface area (Å²) >= 11 is 6.04. The van der Waals surface area contributed by atoms with E-state index >= 15 is 0 Å². The number of anilines is 1. The summed E-state index contributed by atoms with van der Waals surface area (Å²) in [4.78, 5) is 4.21. The molecule has 3 rings (SSSR count). The number of benzene rings is 2. The lowest BCUT2D eigenvalue weighted by Crippen LogP contribution is -2.16. The Morgan fingerprint density at radius 3 is 2.46 bits per heavy atom. The van der Waals surface area contributed by atoms with Gasteiger partial charge in [0, 0.05) is 5.02 Å². The lowest BCUT2D eigenvalue weighted by Gasteiger charge is -2.10. The molecule has 0 saturated heterocycles. The van der Waals surface area contributed by atoms with Crippen molar-refractivity contribution in [2.24, 2.45) is 0 Å². The molecule has 6 nitrogen and oxygen atoms in total. The molecule has 0 atom stereocenters. The molecular formula is C18H19ClN4O2S. The molecule has 0 fully saturated rings. The van der Waals surface area contributed by atoms with E-state index in [1.807, 2.05) is 31.2 Å². The van der Waals surface area contributed by atoms with Crippen LogP contribution >= 0.6 is 11.6 Å². The first-order valence-corrected chi connectivity index (χ1v) is 9.85. The Bertz CT molecular complexity index is 1040.